The van der Waals surface area contributed by atoms with E-state index in [1.807, 2.05) is 31.4 Å². The molecule has 100 valence electrons. The van der Waals surface area contributed by atoms with Crippen LogP contribution in [0.3, 0.4) is 0 Å². The normalized spacial score (nSPS) is 12.2. The van der Waals surface area contributed by atoms with Crippen LogP contribution in [0.1, 0.15) is 17.2 Å². The number of nitrogens with one attached hydrogen (secondary N) is 1. The monoisotopic (exact) mass is 320 g/mol. The van der Waals surface area contributed by atoms with E-state index in [0.29, 0.717) is 0 Å². The Morgan fingerprint density at radius 3 is 2.74 bits per heavy atom. The van der Waals surface area contributed by atoms with Gasteiger partial charge in [0.05, 0.1) is 11.6 Å². The van der Waals surface area contributed by atoms with Gasteiger partial charge in [-0.1, -0.05) is 12.1 Å². The Hall–Kier alpha value is -1.39. The zero-order valence-corrected chi connectivity index (χ0v) is 12.6. The highest BCUT2D eigenvalue weighted by Gasteiger charge is 2.15. The van der Waals surface area contributed by atoms with Crippen LogP contribution in [-0.4, -0.2) is 25.7 Å². The Morgan fingerprint density at radius 1 is 1.32 bits per heavy atom. The number of halogens is 1. The van der Waals surface area contributed by atoms with Gasteiger partial charge in [-0.3, -0.25) is 4.98 Å². The molecule has 1 unspecified atom stereocenters. The van der Waals surface area contributed by atoms with Crippen molar-refractivity contribution in [3.8, 4) is 5.75 Å². The predicted octanol–water partition coefficient (Wildman–Crippen LogP) is 3.20. The van der Waals surface area contributed by atoms with Crippen LogP contribution in [-0.2, 0) is 0 Å². The van der Waals surface area contributed by atoms with E-state index in [2.05, 4.69) is 44.4 Å². The van der Waals surface area contributed by atoms with Gasteiger partial charge in [-0.25, -0.2) is 0 Å². The number of hydrogen-bond donors (Lipinski definition) is 1. The second-order valence-corrected chi connectivity index (χ2v) is 5.11. The molecular formula is C15H17BrN2O. The molecule has 0 saturated carbocycles. The molecule has 0 spiro atoms. The van der Waals surface area contributed by atoms with Crippen molar-refractivity contribution in [3.05, 3.63) is 58.3 Å². The molecule has 0 aliphatic rings. The minimum absolute atomic E-state index is 0.230. The van der Waals surface area contributed by atoms with Gasteiger partial charge < -0.3 is 10.1 Å². The Labute approximate surface area is 122 Å². The molecule has 1 atom stereocenters. The van der Waals surface area contributed by atoms with Crippen LogP contribution in [0, 0.1) is 0 Å². The molecule has 0 radical (unpaired) electrons. The molecule has 0 amide bonds. The maximum Gasteiger partial charge on any atom is 0.133 e. The van der Waals surface area contributed by atoms with Crippen LogP contribution in [0.2, 0.25) is 0 Å². The minimum atomic E-state index is 0.230. The van der Waals surface area contributed by atoms with Crippen LogP contribution in [0.15, 0.2) is 47.1 Å². The number of aromatic nitrogens is 1. The Bertz CT molecular complexity index is 531. The number of nitrogens with zero attached hydrogens (tertiary/aromatic N) is 1. The molecule has 0 saturated heterocycles. The molecule has 2 rings (SSSR count). The van der Waals surface area contributed by atoms with Gasteiger partial charge in [0.25, 0.3) is 0 Å². The first-order valence-electron chi connectivity index (χ1n) is 6.15. The zero-order chi connectivity index (χ0) is 13.7. The van der Waals surface area contributed by atoms with Crippen molar-refractivity contribution in [2.24, 2.45) is 0 Å². The number of methoxy groups -OCH3 is 1. The molecule has 1 aromatic heterocycles. The third kappa shape index (κ3) is 3.33. The molecule has 2 aromatic rings. The summed E-state index contributed by atoms with van der Waals surface area (Å²) < 4.78 is 6.23. The number of hydrogen-bond acceptors (Lipinski definition) is 3. The Kier molecular flexibility index (Phi) is 4.93. The minimum Gasteiger partial charge on any atom is -0.496 e. The predicted molar refractivity (Wildman–Crippen MR) is 80.7 cm³/mol. The van der Waals surface area contributed by atoms with Gasteiger partial charge in [0, 0.05) is 24.4 Å². The molecular weight excluding hydrogens is 304 g/mol. The molecule has 0 fully saturated rings. The third-order valence-corrected chi connectivity index (χ3v) is 3.65. The second-order valence-electron chi connectivity index (χ2n) is 4.26. The average molecular weight is 321 g/mol. The first kappa shape index (κ1) is 14.0. The summed E-state index contributed by atoms with van der Waals surface area (Å²) in [7, 11) is 3.62. The van der Waals surface area contributed by atoms with Gasteiger partial charge in [0.15, 0.2) is 0 Å². The smallest absolute Gasteiger partial charge is 0.133 e. The lowest BCUT2D eigenvalue weighted by Crippen LogP contribution is -2.19. The molecule has 1 aromatic carbocycles. The van der Waals surface area contributed by atoms with Crippen LogP contribution in [0.5, 0.6) is 5.75 Å². The molecule has 1 N–H and O–H groups in total. The fourth-order valence-electron chi connectivity index (χ4n) is 2.08. The van der Waals surface area contributed by atoms with E-state index in [4.69, 9.17) is 4.74 Å². The van der Waals surface area contributed by atoms with Gasteiger partial charge in [-0.15, -0.1) is 0 Å². The second kappa shape index (κ2) is 6.68. The number of rotatable bonds is 5. The van der Waals surface area contributed by atoms with Crippen LogP contribution < -0.4 is 10.1 Å². The highest BCUT2D eigenvalue weighted by atomic mass is 79.9. The first-order valence-corrected chi connectivity index (χ1v) is 6.94. The van der Waals surface area contributed by atoms with E-state index in [9.17, 15) is 0 Å². The van der Waals surface area contributed by atoms with Crippen LogP contribution >= 0.6 is 15.9 Å². The van der Waals surface area contributed by atoms with E-state index >= 15 is 0 Å². The Balaban J connectivity index is 2.37. The summed E-state index contributed by atoms with van der Waals surface area (Å²) in [6.45, 7) is 0.843. The summed E-state index contributed by atoms with van der Waals surface area (Å²) in [5.41, 5.74) is 2.27. The van der Waals surface area contributed by atoms with Gasteiger partial charge in [-0.2, -0.15) is 0 Å². The van der Waals surface area contributed by atoms with E-state index in [1.54, 1.807) is 7.11 Å². The van der Waals surface area contributed by atoms with E-state index in [1.165, 1.54) is 5.56 Å². The summed E-state index contributed by atoms with van der Waals surface area (Å²) >= 11 is 3.53. The maximum absolute atomic E-state index is 5.27. The number of ether oxygens (including phenoxy) is 1. The summed E-state index contributed by atoms with van der Waals surface area (Å²) in [6.07, 6.45) is 1.83. The van der Waals surface area contributed by atoms with Gasteiger partial charge in [0.1, 0.15) is 5.75 Å². The van der Waals surface area contributed by atoms with Crippen LogP contribution in [0.4, 0.5) is 0 Å². The van der Waals surface area contributed by atoms with Crippen molar-refractivity contribution >= 4 is 15.9 Å². The van der Waals surface area contributed by atoms with Gasteiger partial charge in [0.2, 0.25) is 0 Å². The molecule has 0 aliphatic heterocycles. The fourth-order valence-corrected chi connectivity index (χ4v) is 2.64. The van der Waals surface area contributed by atoms with Crippen molar-refractivity contribution in [2.45, 2.75) is 5.92 Å². The van der Waals surface area contributed by atoms with E-state index in [0.717, 1.165) is 22.5 Å². The van der Waals surface area contributed by atoms with Gasteiger partial charge >= 0.3 is 0 Å². The summed E-state index contributed by atoms with van der Waals surface area (Å²) in [6, 6.07) is 12.2. The molecule has 3 nitrogen and oxygen atoms in total. The summed E-state index contributed by atoms with van der Waals surface area (Å²) in [5, 5.41) is 3.23. The lowest BCUT2D eigenvalue weighted by molar-refractivity contribution is 0.412. The topological polar surface area (TPSA) is 34.1 Å². The lowest BCUT2D eigenvalue weighted by Gasteiger charge is -2.17. The van der Waals surface area contributed by atoms with E-state index < -0.39 is 0 Å². The maximum atomic E-state index is 5.27. The third-order valence-electron chi connectivity index (χ3n) is 3.03. The molecule has 0 aliphatic carbocycles. The fraction of sp³-hybridized carbons (Fsp3) is 0.267. The highest BCUT2D eigenvalue weighted by molar-refractivity contribution is 9.10. The highest BCUT2D eigenvalue weighted by Crippen LogP contribution is 2.30. The summed E-state index contributed by atoms with van der Waals surface area (Å²) in [4.78, 5) is 4.46. The first-order chi connectivity index (χ1) is 9.26. The van der Waals surface area contributed by atoms with Crippen molar-refractivity contribution < 1.29 is 4.74 Å². The van der Waals surface area contributed by atoms with Crippen molar-refractivity contribution in [2.75, 3.05) is 20.7 Å². The molecule has 4 heteroatoms. The number of likely N-dealkylation sites (N-methyl/N-ethyl adjacent to an activating group) is 1. The SMILES string of the molecule is CNCC(c1ccc(OC)c(Br)c1)c1ccccn1. The van der Waals surface area contributed by atoms with Crippen molar-refractivity contribution in [1.29, 1.82) is 0 Å². The molecule has 19 heavy (non-hydrogen) atoms. The Morgan fingerprint density at radius 2 is 2.16 bits per heavy atom. The summed E-state index contributed by atoms with van der Waals surface area (Å²) in [5.74, 6) is 1.07. The average Bonchev–Trinajstić information content (AvgIpc) is 2.45. The van der Waals surface area contributed by atoms with Crippen LogP contribution in [0.25, 0.3) is 0 Å². The number of benzene rings is 1. The quantitative estimate of drug-likeness (QED) is 0.918. The van der Waals surface area contributed by atoms with Gasteiger partial charge in [-0.05, 0) is 52.8 Å². The van der Waals surface area contributed by atoms with E-state index in [-0.39, 0.29) is 5.92 Å². The lowest BCUT2D eigenvalue weighted by atomic mass is 9.95. The number of pyridine rings is 1. The standard InChI is InChI=1S/C15H17BrN2O/c1-17-10-12(14-5-3-4-8-18-14)11-6-7-15(19-2)13(16)9-11/h3-9,12,17H,10H2,1-2H3. The molecule has 1 heterocycles. The van der Waals surface area contributed by atoms with Crippen molar-refractivity contribution in [1.82, 2.24) is 10.3 Å². The largest absolute Gasteiger partial charge is 0.496 e. The van der Waals surface area contributed by atoms with Crippen molar-refractivity contribution in [3.63, 3.8) is 0 Å². The molecule has 0 bridgehead atoms. The zero-order valence-electron chi connectivity index (χ0n) is 11.1.